The fourth-order valence-electron chi connectivity index (χ4n) is 1.02. The Morgan fingerprint density at radius 1 is 1.33 bits per heavy atom. The molecule has 1 rings (SSSR count). The number of aromatic nitrogens is 1. The first-order valence-electron chi connectivity index (χ1n) is 3.51. The summed E-state index contributed by atoms with van der Waals surface area (Å²) in [5.74, 6) is 0. The molecule has 1 N–H and O–H groups in total. The Morgan fingerprint density at radius 2 is 1.87 bits per heavy atom. The molecule has 2 nitrogen and oxygen atoms in total. The molecule has 0 saturated carbocycles. The average Bonchev–Trinajstić information content (AvgIpc) is 2.05. The predicted molar refractivity (Wildman–Crippen MR) is 49.7 cm³/mol. The minimum absolute atomic E-state index is 0.325. The van der Waals surface area contributed by atoms with Crippen molar-refractivity contribution in [3.8, 4) is 0 Å². The first kappa shape index (κ1) is 12.4. The summed E-state index contributed by atoms with van der Waals surface area (Å²) in [6, 6.07) is 0. The number of H-pyrrole nitrogens is 1. The molecule has 0 aliphatic rings. The Labute approximate surface area is 93.6 Å². The zero-order valence-electron chi connectivity index (χ0n) is 6.83. The lowest BCUT2D eigenvalue weighted by atomic mass is 10.1. The van der Waals surface area contributed by atoms with E-state index in [1.807, 2.05) is 0 Å². The largest absolute Gasteiger partial charge is 0.422 e. The normalized spacial score (nSPS) is 12.2. The van der Waals surface area contributed by atoms with Gasteiger partial charge in [-0.3, -0.25) is 4.79 Å². The first-order chi connectivity index (χ1) is 6.75. The van der Waals surface area contributed by atoms with Crippen LogP contribution < -0.4 is 5.56 Å². The van der Waals surface area contributed by atoms with Crippen LogP contribution in [0.2, 0.25) is 0 Å². The predicted octanol–water partition coefficient (Wildman–Crippen LogP) is 2.94. The second-order valence-corrected chi connectivity index (χ2v) is 3.72. The number of nitrogens with one attached hydrogen (secondary N) is 1. The number of aromatic amines is 1. The zero-order chi connectivity index (χ0) is 11.8. The van der Waals surface area contributed by atoms with Gasteiger partial charge in [-0.25, -0.2) is 8.78 Å². The maximum Gasteiger partial charge on any atom is 0.422 e. The quantitative estimate of drug-likeness (QED) is 0.619. The van der Waals surface area contributed by atoms with Crippen molar-refractivity contribution in [3.05, 3.63) is 31.2 Å². The van der Waals surface area contributed by atoms with E-state index in [1.54, 1.807) is 4.98 Å². The van der Waals surface area contributed by atoms with E-state index in [0.717, 1.165) is 6.20 Å². The molecule has 0 amide bonds. The van der Waals surface area contributed by atoms with Crippen LogP contribution in [0, 0.1) is 3.57 Å². The van der Waals surface area contributed by atoms with Crippen molar-refractivity contribution in [3.63, 3.8) is 0 Å². The van der Waals surface area contributed by atoms with Gasteiger partial charge in [0.2, 0.25) is 0 Å². The van der Waals surface area contributed by atoms with E-state index in [2.05, 4.69) is 0 Å². The summed E-state index contributed by atoms with van der Waals surface area (Å²) in [7, 11) is 0. The average molecular weight is 339 g/mol. The van der Waals surface area contributed by atoms with Gasteiger partial charge in [-0.1, -0.05) is 0 Å². The zero-order valence-corrected chi connectivity index (χ0v) is 8.99. The molecule has 0 spiro atoms. The first-order valence-corrected chi connectivity index (χ1v) is 4.59. The maximum absolute atomic E-state index is 12.3. The number of alkyl halides is 5. The van der Waals surface area contributed by atoms with Crippen LogP contribution in [0.15, 0.2) is 11.0 Å². The smallest absolute Gasteiger partial charge is 0.327 e. The molecule has 1 aromatic heterocycles. The molecule has 0 aliphatic carbocycles. The summed E-state index contributed by atoms with van der Waals surface area (Å²) in [5, 5.41) is 0. The van der Waals surface area contributed by atoms with Gasteiger partial charge < -0.3 is 4.98 Å². The molecule has 0 unspecified atom stereocenters. The maximum atomic E-state index is 12.3. The van der Waals surface area contributed by atoms with Crippen LogP contribution >= 0.6 is 22.6 Å². The lowest BCUT2D eigenvalue weighted by Crippen LogP contribution is -2.25. The Kier molecular flexibility index (Phi) is 3.36. The number of halogens is 6. The monoisotopic (exact) mass is 339 g/mol. The highest BCUT2D eigenvalue weighted by Gasteiger charge is 2.40. The fourth-order valence-corrected chi connectivity index (χ4v) is 1.68. The van der Waals surface area contributed by atoms with Gasteiger partial charge in [-0.2, -0.15) is 13.2 Å². The third-order valence-electron chi connectivity index (χ3n) is 1.59. The molecule has 0 fully saturated rings. The van der Waals surface area contributed by atoms with Crippen molar-refractivity contribution in [2.75, 3.05) is 0 Å². The van der Waals surface area contributed by atoms with Gasteiger partial charge in [-0.15, -0.1) is 0 Å². The highest BCUT2D eigenvalue weighted by Crippen LogP contribution is 2.35. The summed E-state index contributed by atoms with van der Waals surface area (Å²) >= 11 is 1.31. The van der Waals surface area contributed by atoms with Crippen LogP contribution in [-0.4, -0.2) is 4.98 Å². The van der Waals surface area contributed by atoms with Gasteiger partial charge in [0.25, 0.3) is 12.0 Å². The van der Waals surface area contributed by atoms with Gasteiger partial charge in [0.1, 0.15) is 5.56 Å². The van der Waals surface area contributed by atoms with Crippen molar-refractivity contribution in [1.82, 2.24) is 4.98 Å². The lowest BCUT2D eigenvalue weighted by molar-refractivity contribution is -0.140. The van der Waals surface area contributed by atoms with Crippen LogP contribution in [0.4, 0.5) is 22.0 Å². The fraction of sp³-hybridized carbons (Fsp3) is 0.286. The van der Waals surface area contributed by atoms with Gasteiger partial charge >= 0.3 is 6.18 Å². The standard InChI is InChI=1S/C7H3F5INO/c8-5(9)3-2(13)1-14-6(15)4(3)7(10,11)12/h1,5H,(H,14,15). The molecule has 0 atom stereocenters. The van der Waals surface area contributed by atoms with Gasteiger partial charge in [0, 0.05) is 9.77 Å². The van der Waals surface area contributed by atoms with E-state index in [0.29, 0.717) is 0 Å². The van der Waals surface area contributed by atoms with E-state index >= 15 is 0 Å². The summed E-state index contributed by atoms with van der Waals surface area (Å²) in [6.07, 6.45) is -7.60. The summed E-state index contributed by atoms with van der Waals surface area (Å²) in [4.78, 5) is 12.6. The van der Waals surface area contributed by atoms with E-state index in [-0.39, 0.29) is 3.57 Å². The molecule has 15 heavy (non-hydrogen) atoms. The minimum Gasteiger partial charge on any atom is -0.327 e. The highest BCUT2D eigenvalue weighted by molar-refractivity contribution is 14.1. The van der Waals surface area contributed by atoms with Crippen LogP contribution in [-0.2, 0) is 6.18 Å². The van der Waals surface area contributed by atoms with Crippen LogP contribution in [0.3, 0.4) is 0 Å². The van der Waals surface area contributed by atoms with E-state index in [1.165, 1.54) is 22.6 Å². The van der Waals surface area contributed by atoms with Crippen molar-refractivity contribution >= 4 is 22.6 Å². The highest BCUT2D eigenvalue weighted by atomic mass is 127. The van der Waals surface area contributed by atoms with Crippen LogP contribution in [0.25, 0.3) is 0 Å². The molecule has 0 aliphatic heterocycles. The van der Waals surface area contributed by atoms with Crippen molar-refractivity contribution in [2.45, 2.75) is 12.6 Å². The number of rotatable bonds is 1. The number of hydrogen-bond acceptors (Lipinski definition) is 1. The van der Waals surface area contributed by atoms with Crippen LogP contribution in [0.5, 0.6) is 0 Å². The molecule has 1 heterocycles. The molecular weight excluding hydrogens is 336 g/mol. The molecule has 84 valence electrons. The Bertz CT molecular complexity index is 424. The molecule has 8 heteroatoms. The second kappa shape index (κ2) is 4.06. The van der Waals surface area contributed by atoms with E-state index in [4.69, 9.17) is 0 Å². The van der Waals surface area contributed by atoms with E-state index < -0.39 is 29.3 Å². The molecule has 0 radical (unpaired) electrons. The van der Waals surface area contributed by atoms with Crippen LogP contribution in [0.1, 0.15) is 17.6 Å². The minimum atomic E-state index is -5.08. The number of hydrogen-bond donors (Lipinski definition) is 1. The molecule has 0 aromatic carbocycles. The molecular formula is C7H3F5INO. The Morgan fingerprint density at radius 3 is 2.20 bits per heavy atom. The summed E-state index contributed by atoms with van der Waals surface area (Å²) in [6.45, 7) is 0. The van der Waals surface area contributed by atoms with Gasteiger partial charge in [0.05, 0.1) is 5.56 Å². The third-order valence-corrected chi connectivity index (χ3v) is 2.48. The number of pyridine rings is 1. The van der Waals surface area contributed by atoms with Crippen molar-refractivity contribution < 1.29 is 22.0 Å². The lowest BCUT2D eigenvalue weighted by Gasteiger charge is -2.12. The molecule has 0 bridgehead atoms. The Hall–Kier alpha value is -0.670. The SMILES string of the molecule is O=c1[nH]cc(I)c(C(F)F)c1C(F)(F)F. The summed E-state index contributed by atoms with van der Waals surface area (Å²) in [5.41, 5.74) is -4.66. The molecule has 0 saturated heterocycles. The second-order valence-electron chi connectivity index (χ2n) is 2.55. The third kappa shape index (κ3) is 2.47. The van der Waals surface area contributed by atoms with Crippen molar-refractivity contribution in [1.29, 1.82) is 0 Å². The van der Waals surface area contributed by atoms with Gasteiger partial charge in [-0.05, 0) is 22.6 Å². The Balaban J connectivity index is 3.61. The molecule has 1 aromatic rings. The summed E-state index contributed by atoms with van der Waals surface area (Å²) < 4.78 is 61.2. The topological polar surface area (TPSA) is 32.9 Å². The van der Waals surface area contributed by atoms with Gasteiger partial charge in [0.15, 0.2) is 0 Å². The van der Waals surface area contributed by atoms with Crippen molar-refractivity contribution in [2.24, 2.45) is 0 Å². The van der Waals surface area contributed by atoms with E-state index in [9.17, 15) is 26.7 Å².